The lowest BCUT2D eigenvalue weighted by Crippen LogP contribution is -2.29. The Morgan fingerprint density at radius 1 is 0.840 bits per heavy atom. The summed E-state index contributed by atoms with van der Waals surface area (Å²) in [5, 5.41) is 4.80. The van der Waals surface area contributed by atoms with Crippen molar-refractivity contribution >= 4 is 23.2 Å². The summed E-state index contributed by atoms with van der Waals surface area (Å²) in [6, 6.07) is 7.60. The maximum Gasteiger partial charge on any atom is 0.416 e. The van der Waals surface area contributed by atoms with Crippen LogP contribution < -0.4 is 10.6 Å². The number of carbonyl (C=O) groups is 2. The van der Waals surface area contributed by atoms with Crippen molar-refractivity contribution in [3.63, 3.8) is 0 Å². The predicted molar refractivity (Wildman–Crippen MR) is 89.4 cm³/mol. The first-order valence-electron chi connectivity index (χ1n) is 7.45. The maximum atomic E-state index is 12.5. The number of hydrogen-bond acceptors (Lipinski definition) is 2. The van der Waals surface area contributed by atoms with E-state index in [4.69, 9.17) is 0 Å². The van der Waals surface area contributed by atoms with Crippen LogP contribution in [0.15, 0.2) is 36.4 Å². The van der Waals surface area contributed by atoms with E-state index in [9.17, 15) is 22.8 Å². The van der Waals surface area contributed by atoms with Crippen LogP contribution in [-0.4, -0.2) is 11.8 Å². The molecule has 4 nitrogen and oxygen atoms in total. The maximum absolute atomic E-state index is 12.5. The Labute approximate surface area is 143 Å². The zero-order chi connectivity index (χ0) is 18.8. The summed E-state index contributed by atoms with van der Waals surface area (Å²) in [5.74, 6) is -1.85. The van der Waals surface area contributed by atoms with Gasteiger partial charge in [0.15, 0.2) is 0 Å². The van der Waals surface area contributed by atoms with Gasteiger partial charge >= 0.3 is 18.0 Å². The number of nitrogens with one attached hydrogen (secondary N) is 2. The average molecular weight is 350 g/mol. The number of aryl methyl sites for hydroxylation is 3. The molecule has 0 saturated carbocycles. The fourth-order valence-electron chi connectivity index (χ4n) is 2.48. The highest BCUT2D eigenvalue weighted by Crippen LogP contribution is 2.29. The van der Waals surface area contributed by atoms with E-state index in [1.54, 1.807) is 0 Å². The van der Waals surface area contributed by atoms with Gasteiger partial charge in [0, 0.05) is 11.4 Å². The molecule has 0 heterocycles. The van der Waals surface area contributed by atoms with Gasteiger partial charge in [-0.1, -0.05) is 17.7 Å². The van der Waals surface area contributed by atoms with Crippen molar-refractivity contribution < 1.29 is 22.8 Å². The highest BCUT2D eigenvalue weighted by Gasteiger charge is 2.30. The summed E-state index contributed by atoms with van der Waals surface area (Å²) in [5.41, 5.74) is 2.47. The third kappa shape index (κ3) is 4.59. The quantitative estimate of drug-likeness (QED) is 0.797. The van der Waals surface area contributed by atoms with Crippen molar-refractivity contribution in [3.8, 4) is 0 Å². The third-order valence-corrected chi connectivity index (χ3v) is 3.59. The van der Waals surface area contributed by atoms with Gasteiger partial charge in [-0.05, 0) is 56.2 Å². The van der Waals surface area contributed by atoms with E-state index in [0.29, 0.717) is 5.69 Å². The van der Waals surface area contributed by atoms with Crippen LogP contribution in [0.25, 0.3) is 0 Å². The summed E-state index contributed by atoms with van der Waals surface area (Å²) in [6.45, 7) is 5.54. The fourth-order valence-corrected chi connectivity index (χ4v) is 2.48. The van der Waals surface area contributed by atoms with Crippen molar-refractivity contribution in [2.75, 3.05) is 10.6 Å². The van der Waals surface area contributed by atoms with Gasteiger partial charge < -0.3 is 10.6 Å². The van der Waals surface area contributed by atoms with Crippen LogP contribution in [0.1, 0.15) is 22.3 Å². The van der Waals surface area contributed by atoms with Gasteiger partial charge in [-0.3, -0.25) is 9.59 Å². The topological polar surface area (TPSA) is 58.2 Å². The first-order chi connectivity index (χ1) is 11.6. The minimum atomic E-state index is -4.46. The molecule has 0 spiro atoms. The molecular formula is C18H17F3N2O2. The number of carbonyl (C=O) groups excluding carboxylic acids is 2. The lowest BCUT2D eigenvalue weighted by Gasteiger charge is -2.13. The van der Waals surface area contributed by atoms with E-state index in [1.807, 2.05) is 32.9 Å². The Morgan fingerprint density at radius 3 is 1.80 bits per heavy atom. The van der Waals surface area contributed by atoms with Crippen LogP contribution in [0.2, 0.25) is 0 Å². The van der Waals surface area contributed by atoms with E-state index in [-0.39, 0.29) is 5.69 Å². The fraction of sp³-hybridized carbons (Fsp3) is 0.222. The number of anilines is 2. The first kappa shape index (κ1) is 18.5. The van der Waals surface area contributed by atoms with E-state index < -0.39 is 23.6 Å². The summed E-state index contributed by atoms with van der Waals surface area (Å²) in [7, 11) is 0. The first-order valence-corrected chi connectivity index (χ1v) is 7.45. The number of amides is 2. The summed E-state index contributed by atoms with van der Waals surface area (Å²) < 4.78 is 37.5. The Morgan fingerprint density at radius 2 is 1.32 bits per heavy atom. The van der Waals surface area contributed by atoms with Crippen molar-refractivity contribution in [2.45, 2.75) is 26.9 Å². The molecule has 25 heavy (non-hydrogen) atoms. The largest absolute Gasteiger partial charge is 0.416 e. The second-order valence-corrected chi connectivity index (χ2v) is 5.76. The van der Waals surface area contributed by atoms with Crippen LogP contribution in [-0.2, 0) is 15.8 Å². The smallest absolute Gasteiger partial charge is 0.318 e. The number of benzene rings is 2. The molecule has 0 unspecified atom stereocenters. The Balaban J connectivity index is 2.07. The van der Waals surface area contributed by atoms with Gasteiger partial charge in [-0.25, -0.2) is 0 Å². The van der Waals surface area contributed by atoms with Gasteiger partial charge in [-0.15, -0.1) is 0 Å². The van der Waals surface area contributed by atoms with Crippen LogP contribution in [0.5, 0.6) is 0 Å². The monoisotopic (exact) mass is 350 g/mol. The van der Waals surface area contributed by atoms with Crippen LogP contribution in [0.4, 0.5) is 24.5 Å². The SMILES string of the molecule is Cc1cc(C)c(NC(=O)C(=O)Nc2ccc(C(F)(F)F)cc2)c(C)c1. The molecule has 2 rings (SSSR count). The molecule has 2 amide bonds. The van der Waals surface area contributed by atoms with Gasteiger partial charge in [0.25, 0.3) is 0 Å². The van der Waals surface area contributed by atoms with E-state index in [1.165, 1.54) is 0 Å². The third-order valence-electron chi connectivity index (χ3n) is 3.59. The van der Waals surface area contributed by atoms with Gasteiger partial charge in [-0.2, -0.15) is 13.2 Å². The molecule has 0 radical (unpaired) electrons. The highest BCUT2D eigenvalue weighted by atomic mass is 19.4. The number of hydrogen-bond donors (Lipinski definition) is 2. The Kier molecular flexibility index (Phi) is 5.15. The zero-order valence-electron chi connectivity index (χ0n) is 13.9. The molecule has 0 aromatic heterocycles. The summed E-state index contributed by atoms with van der Waals surface area (Å²) in [4.78, 5) is 24.0. The van der Waals surface area contributed by atoms with Gasteiger partial charge in [0.05, 0.1) is 5.56 Å². The average Bonchev–Trinajstić information content (AvgIpc) is 2.50. The van der Waals surface area contributed by atoms with E-state index in [2.05, 4.69) is 10.6 Å². The van der Waals surface area contributed by atoms with Crippen molar-refractivity contribution in [3.05, 3.63) is 58.7 Å². The summed E-state index contributed by atoms with van der Waals surface area (Å²) >= 11 is 0. The lowest BCUT2D eigenvalue weighted by molar-refractivity contribution is -0.137. The molecule has 2 aromatic carbocycles. The molecule has 7 heteroatoms. The molecule has 0 atom stereocenters. The molecule has 0 bridgehead atoms. The molecule has 0 aliphatic carbocycles. The van der Waals surface area contributed by atoms with Crippen molar-refractivity contribution in [1.29, 1.82) is 0 Å². The van der Waals surface area contributed by atoms with Crippen molar-refractivity contribution in [1.82, 2.24) is 0 Å². The van der Waals surface area contributed by atoms with Crippen LogP contribution in [0.3, 0.4) is 0 Å². The second kappa shape index (κ2) is 6.96. The standard InChI is InChI=1S/C18H17F3N2O2/c1-10-8-11(2)15(12(3)9-10)23-17(25)16(24)22-14-6-4-13(5-7-14)18(19,20)21/h4-9H,1-3H3,(H,22,24)(H,23,25). The lowest BCUT2D eigenvalue weighted by atomic mass is 10.1. The van der Waals surface area contributed by atoms with Gasteiger partial charge in [0.1, 0.15) is 0 Å². The Hall–Kier alpha value is -2.83. The van der Waals surface area contributed by atoms with E-state index >= 15 is 0 Å². The normalized spacial score (nSPS) is 11.1. The molecular weight excluding hydrogens is 333 g/mol. The molecule has 0 aliphatic rings. The molecule has 0 fully saturated rings. The molecule has 2 N–H and O–H groups in total. The van der Waals surface area contributed by atoms with E-state index in [0.717, 1.165) is 41.0 Å². The number of rotatable bonds is 2. The predicted octanol–water partition coefficient (Wildman–Crippen LogP) is 4.21. The summed E-state index contributed by atoms with van der Waals surface area (Å²) in [6.07, 6.45) is -4.46. The van der Waals surface area contributed by atoms with Crippen molar-refractivity contribution in [2.24, 2.45) is 0 Å². The minimum Gasteiger partial charge on any atom is -0.318 e. The highest BCUT2D eigenvalue weighted by molar-refractivity contribution is 6.43. The van der Waals surface area contributed by atoms with Crippen LogP contribution >= 0.6 is 0 Å². The van der Waals surface area contributed by atoms with Gasteiger partial charge in [0.2, 0.25) is 0 Å². The number of alkyl halides is 3. The molecule has 0 saturated heterocycles. The molecule has 0 aliphatic heterocycles. The molecule has 2 aromatic rings. The number of halogens is 3. The van der Waals surface area contributed by atoms with Crippen LogP contribution in [0, 0.1) is 20.8 Å². The Bertz CT molecular complexity index is 789. The zero-order valence-corrected chi connectivity index (χ0v) is 13.9. The second-order valence-electron chi connectivity index (χ2n) is 5.76. The molecule has 132 valence electrons. The minimum absolute atomic E-state index is 0.102.